The van der Waals surface area contributed by atoms with Gasteiger partial charge < -0.3 is 10.4 Å². The smallest absolute Gasteiger partial charge is 0.326 e. The van der Waals surface area contributed by atoms with Crippen LogP contribution in [0.15, 0.2) is 42.5 Å². The number of sulfone groups is 1. The summed E-state index contributed by atoms with van der Waals surface area (Å²) in [6.45, 7) is 7.40. The average Bonchev–Trinajstić information content (AvgIpc) is 3.42. The maximum atomic E-state index is 13.6. The van der Waals surface area contributed by atoms with Crippen molar-refractivity contribution in [2.24, 2.45) is 5.92 Å². The fourth-order valence-electron chi connectivity index (χ4n) is 7.48. The van der Waals surface area contributed by atoms with Gasteiger partial charge in [0.05, 0.1) is 5.75 Å². The molecule has 2 aliphatic carbocycles. The van der Waals surface area contributed by atoms with Crippen LogP contribution in [0, 0.1) is 12.8 Å². The number of nitrogens with zero attached hydrogens (tertiary/aromatic N) is 1. The predicted molar refractivity (Wildman–Crippen MR) is 173 cm³/mol. The highest BCUT2D eigenvalue weighted by molar-refractivity contribution is 7.90. The summed E-state index contributed by atoms with van der Waals surface area (Å²) in [6, 6.07) is 12.9. The minimum atomic E-state index is -3.38. The Hall–Kier alpha value is -2.71. The first-order valence-corrected chi connectivity index (χ1v) is 18.1. The molecule has 2 fully saturated rings. The van der Waals surface area contributed by atoms with Crippen molar-refractivity contribution < 1.29 is 23.1 Å². The highest BCUT2D eigenvalue weighted by Gasteiger charge is 2.42. The summed E-state index contributed by atoms with van der Waals surface area (Å²) in [6.07, 6.45) is 13.9. The van der Waals surface area contributed by atoms with Gasteiger partial charge in [-0.1, -0.05) is 75.3 Å². The number of carboxylic acids is 1. The molecular weight excluding hydrogens is 560 g/mol. The molecule has 43 heavy (non-hydrogen) atoms. The van der Waals surface area contributed by atoms with Gasteiger partial charge in [0.1, 0.15) is 15.9 Å². The minimum absolute atomic E-state index is 0.190. The zero-order chi connectivity index (χ0) is 31.2. The molecule has 2 saturated carbocycles. The summed E-state index contributed by atoms with van der Waals surface area (Å²) in [7, 11) is -3.38. The number of carboxylic acid groups (broad SMARTS) is 1. The van der Waals surface area contributed by atoms with E-state index in [0.717, 1.165) is 41.0 Å². The van der Waals surface area contributed by atoms with Gasteiger partial charge in [0.25, 0.3) is 5.91 Å². The molecule has 0 saturated heterocycles. The van der Waals surface area contributed by atoms with E-state index in [2.05, 4.69) is 30.1 Å². The van der Waals surface area contributed by atoms with Crippen molar-refractivity contribution in [3.8, 4) is 11.1 Å². The normalized spacial score (nSPS) is 18.2. The fourth-order valence-corrected chi connectivity index (χ4v) is 8.14. The molecule has 236 valence electrons. The summed E-state index contributed by atoms with van der Waals surface area (Å²) in [5.41, 5.74) is 4.42. The van der Waals surface area contributed by atoms with E-state index >= 15 is 0 Å². The quantitative estimate of drug-likeness (QED) is 0.259. The van der Waals surface area contributed by atoms with Gasteiger partial charge in [0.15, 0.2) is 0 Å². The Bertz CT molecular complexity index is 1370. The van der Waals surface area contributed by atoms with Crippen LogP contribution in [-0.2, 0) is 21.2 Å². The third kappa shape index (κ3) is 8.69. The van der Waals surface area contributed by atoms with Crippen molar-refractivity contribution in [2.45, 2.75) is 116 Å². The van der Waals surface area contributed by atoms with Crippen LogP contribution < -0.4 is 5.32 Å². The SMILES string of the molecule is Cc1ccccc1-c1cc(CN(C(C)C)C2(CC3CCCCC3)CCCC2)ccc1C(=O)NC(CCS(C)(=O)=O)C(=O)O. The zero-order valence-electron chi connectivity index (χ0n) is 26.4. The molecule has 1 unspecified atom stereocenters. The van der Waals surface area contributed by atoms with Crippen molar-refractivity contribution in [1.82, 2.24) is 10.2 Å². The number of rotatable bonds is 13. The van der Waals surface area contributed by atoms with Crippen LogP contribution >= 0.6 is 0 Å². The third-order valence-corrected chi connectivity index (χ3v) is 10.6. The van der Waals surface area contributed by atoms with E-state index in [1.165, 1.54) is 64.2 Å². The van der Waals surface area contributed by atoms with Crippen molar-refractivity contribution in [3.63, 3.8) is 0 Å². The fraction of sp³-hybridized carbons (Fsp3) is 0.600. The van der Waals surface area contributed by atoms with E-state index < -0.39 is 27.8 Å². The molecular formula is C35H50N2O5S. The Kier molecular flexibility index (Phi) is 11.1. The molecule has 7 nitrogen and oxygen atoms in total. The standard InChI is InChI=1S/C35H50N2O5S/c1-25(2)37(35(19-10-11-20-35)23-27-13-6-5-7-14-27)24-28-16-17-30(31(22-28)29-15-9-8-12-26(29)3)33(38)36-32(34(39)40)18-21-43(4,41)42/h8-9,12,15-17,22,25,27,32H,5-7,10-11,13-14,18-21,23-24H2,1-4H3,(H,36,38)(H,39,40). The van der Waals surface area contributed by atoms with E-state index in [4.69, 9.17) is 0 Å². The predicted octanol–water partition coefficient (Wildman–Crippen LogP) is 6.77. The number of benzene rings is 2. The molecule has 0 heterocycles. The maximum Gasteiger partial charge on any atom is 0.326 e. The molecule has 2 N–H and O–H groups in total. The number of hydrogen-bond donors (Lipinski definition) is 2. The van der Waals surface area contributed by atoms with E-state index in [1.807, 2.05) is 43.3 Å². The average molecular weight is 611 g/mol. The molecule has 1 atom stereocenters. The van der Waals surface area contributed by atoms with Crippen molar-refractivity contribution >= 4 is 21.7 Å². The highest BCUT2D eigenvalue weighted by atomic mass is 32.2. The molecule has 2 aromatic carbocycles. The first-order valence-electron chi connectivity index (χ1n) is 16.1. The maximum absolute atomic E-state index is 13.6. The van der Waals surface area contributed by atoms with Crippen LogP contribution in [0.5, 0.6) is 0 Å². The van der Waals surface area contributed by atoms with Crippen LogP contribution in [-0.4, -0.2) is 59.9 Å². The first kappa shape index (κ1) is 33.2. The van der Waals surface area contributed by atoms with Crippen molar-refractivity contribution in [3.05, 3.63) is 59.2 Å². The number of hydrogen-bond acceptors (Lipinski definition) is 5. The number of carbonyl (C=O) groups excluding carboxylic acids is 1. The van der Waals surface area contributed by atoms with E-state index in [1.54, 1.807) is 0 Å². The van der Waals surface area contributed by atoms with Gasteiger partial charge in [0, 0.05) is 29.9 Å². The van der Waals surface area contributed by atoms with Crippen LogP contribution in [0.4, 0.5) is 0 Å². The van der Waals surface area contributed by atoms with Gasteiger partial charge in [-0.3, -0.25) is 9.69 Å². The Balaban J connectivity index is 1.67. The number of amides is 1. The van der Waals surface area contributed by atoms with E-state index in [0.29, 0.717) is 11.6 Å². The van der Waals surface area contributed by atoms with Crippen LogP contribution in [0.1, 0.15) is 106 Å². The molecule has 2 aliphatic rings. The van der Waals surface area contributed by atoms with Gasteiger partial charge >= 0.3 is 5.97 Å². The van der Waals surface area contributed by atoms with Crippen molar-refractivity contribution in [1.29, 1.82) is 0 Å². The van der Waals surface area contributed by atoms with Crippen LogP contribution in [0.3, 0.4) is 0 Å². The second-order valence-electron chi connectivity index (χ2n) is 13.3. The molecule has 4 rings (SSSR count). The van der Waals surface area contributed by atoms with Gasteiger partial charge in [-0.25, -0.2) is 13.2 Å². The summed E-state index contributed by atoms with van der Waals surface area (Å²) < 4.78 is 23.4. The lowest BCUT2D eigenvalue weighted by Gasteiger charge is -2.47. The van der Waals surface area contributed by atoms with Gasteiger partial charge in [-0.15, -0.1) is 0 Å². The number of carbonyl (C=O) groups is 2. The Morgan fingerprint density at radius 1 is 1.00 bits per heavy atom. The van der Waals surface area contributed by atoms with Crippen molar-refractivity contribution in [2.75, 3.05) is 12.0 Å². The molecule has 2 aromatic rings. The summed E-state index contributed by atoms with van der Waals surface area (Å²) in [5, 5.41) is 12.3. The summed E-state index contributed by atoms with van der Waals surface area (Å²) >= 11 is 0. The van der Waals surface area contributed by atoms with Gasteiger partial charge in [-0.05, 0) is 86.8 Å². The van der Waals surface area contributed by atoms with Crippen LogP contribution in [0.2, 0.25) is 0 Å². The lowest BCUT2D eigenvalue weighted by atomic mass is 9.77. The molecule has 1 amide bonds. The van der Waals surface area contributed by atoms with Crippen LogP contribution in [0.25, 0.3) is 11.1 Å². The second-order valence-corrected chi connectivity index (χ2v) is 15.6. The Morgan fingerprint density at radius 2 is 1.67 bits per heavy atom. The monoisotopic (exact) mass is 610 g/mol. The summed E-state index contributed by atoms with van der Waals surface area (Å²) in [5.74, 6) is -1.29. The molecule has 0 aromatic heterocycles. The number of nitrogens with one attached hydrogen (secondary N) is 1. The topological polar surface area (TPSA) is 104 Å². The highest BCUT2D eigenvalue weighted by Crippen LogP contribution is 2.45. The lowest BCUT2D eigenvalue weighted by Crippen LogP contribution is -2.51. The number of aryl methyl sites for hydroxylation is 1. The molecule has 0 spiro atoms. The van der Waals surface area contributed by atoms with E-state index in [-0.39, 0.29) is 17.7 Å². The largest absolute Gasteiger partial charge is 0.480 e. The molecule has 0 radical (unpaired) electrons. The zero-order valence-corrected chi connectivity index (χ0v) is 27.2. The van der Waals surface area contributed by atoms with Gasteiger partial charge in [-0.2, -0.15) is 0 Å². The second kappa shape index (κ2) is 14.4. The molecule has 8 heteroatoms. The summed E-state index contributed by atoms with van der Waals surface area (Å²) in [4.78, 5) is 28.2. The number of aliphatic carboxylic acids is 1. The Morgan fingerprint density at radius 3 is 2.28 bits per heavy atom. The lowest BCUT2D eigenvalue weighted by molar-refractivity contribution is -0.139. The first-order chi connectivity index (χ1) is 20.4. The Labute approximate surface area is 258 Å². The minimum Gasteiger partial charge on any atom is -0.480 e. The molecule has 0 aliphatic heterocycles. The molecule has 0 bridgehead atoms. The third-order valence-electron chi connectivity index (χ3n) is 9.66. The van der Waals surface area contributed by atoms with E-state index in [9.17, 15) is 23.1 Å². The van der Waals surface area contributed by atoms with Gasteiger partial charge in [0.2, 0.25) is 0 Å².